The molecule has 0 aliphatic carbocycles. The van der Waals surface area contributed by atoms with E-state index in [1.807, 2.05) is 35.0 Å². The van der Waals surface area contributed by atoms with Gasteiger partial charge in [0.2, 0.25) is 0 Å². The molecule has 0 radical (unpaired) electrons. The van der Waals surface area contributed by atoms with Crippen LogP contribution in [0.3, 0.4) is 0 Å². The van der Waals surface area contributed by atoms with Gasteiger partial charge in [0.15, 0.2) is 0 Å². The first kappa shape index (κ1) is 20.7. The number of benzene rings is 2. The smallest absolute Gasteiger partial charge is 0.338 e. The highest BCUT2D eigenvalue weighted by Crippen LogP contribution is 2.20. The second kappa shape index (κ2) is 8.99. The Bertz CT molecular complexity index is 1060. The summed E-state index contributed by atoms with van der Waals surface area (Å²) >= 11 is 0. The number of ether oxygens (including phenoxy) is 1. The second-order valence-corrected chi connectivity index (χ2v) is 6.50. The molecular weight excluding hydrogens is 388 g/mol. The SMILES string of the molecule is CCOC(=O)c1cc(C(=O)NC(C)c2ccc(-n3ccnc3)cc2)cc([N+](=O)[O-])c1. The zero-order valence-electron chi connectivity index (χ0n) is 16.4. The molecule has 3 rings (SSSR count). The number of aromatic nitrogens is 2. The van der Waals surface area contributed by atoms with Crippen molar-refractivity contribution in [3.63, 3.8) is 0 Å². The third kappa shape index (κ3) is 4.69. The summed E-state index contributed by atoms with van der Waals surface area (Å²) in [6.07, 6.45) is 5.19. The van der Waals surface area contributed by atoms with E-state index >= 15 is 0 Å². The standard InChI is InChI=1S/C21H20N4O5/c1-3-30-21(27)17-10-16(11-19(12-17)25(28)29)20(26)23-14(2)15-4-6-18(7-5-15)24-9-8-22-13-24/h4-14H,3H2,1-2H3,(H,23,26). The number of non-ortho nitro benzene ring substituents is 1. The quantitative estimate of drug-likeness (QED) is 0.364. The molecule has 0 bridgehead atoms. The van der Waals surface area contributed by atoms with E-state index in [-0.39, 0.29) is 29.5 Å². The van der Waals surface area contributed by atoms with Crippen LogP contribution in [0, 0.1) is 10.1 Å². The number of carbonyl (C=O) groups is 2. The van der Waals surface area contributed by atoms with Crippen molar-refractivity contribution in [3.05, 3.63) is 88.0 Å². The fourth-order valence-electron chi connectivity index (χ4n) is 2.89. The van der Waals surface area contributed by atoms with Crippen LogP contribution >= 0.6 is 0 Å². The van der Waals surface area contributed by atoms with Gasteiger partial charge in [0.05, 0.1) is 29.5 Å². The molecule has 0 saturated carbocycles. The average molecular weight is 408 g/mol. The fourth-order valence-corrected chi connectivity index (χ4v) is 2.89. The van der Waals surface area contributed by atoms with Crippen LogP contribution in [0.15, 0.2) is 61.2 Å². The minimum absolute atomic E-state index is 0.00846. The normalized spacial score (nSPS) is 11.5. The van der Waals surface area contributed by atoms with Crippen molar-refractivity contribution in [2.45, 2.75) is 19.9 Å². The number of amides is 1. The van der Waals surface area contributed by atoms with Crippen molar-refractivity contribution in [2.75, 3.05) is 6.61 Å². The van der Waals surface area contributed by atoms with Gasteiger partial charge in [-0.3, -0.25) is 14.9 Å². The molecule has 1 aromatic heterocycles. The molecule has 1 N–H and O–H groups in total. The minimum atomic E-state index is -0.724. The maximum Gasteiger partial charge on any atom is 0.338 e. The fraction of sp³-hybridized carbons (Fsp3) is 0.190. The van der Waals surface area contributed by atoms with Crippen LogP contribution in [-0.4, -0.2) is 33.0 Å². The van der Waals surface area contributed by atoms with E-state index in [1.165, 1.54) is 6.07 Å². The molecule has 0 aliphatic heterocycles. The highest BCUT2D eigenvalue weighted by Gasteiger charge is 2.20. The van der Waals surface area contributed by atoms with E-state index in [0.717, 1.165) is 23.4 Å². The van der Waals surface area contributed by atoms with Gasteiger partial charge in [0.1, 0.15) is 0 Å². The van der Waals surface area contributed by atoms with Gasteiger partial charge in [-0.25, -0.2) is 9.78 Å². The summed E-state index contributed by atoms with van der Waals surface area (Å²) < 4.78 is 6.74. The first-order valence-corrected chi connectivity index (χ1v) is 9.24. The predicted molar refractivity (Wildman–Crippen MR) is 108 cm³/mol. The largest absolute Gasteiger partial charge is 0.462 e. The van der Waals surface area contributed by atoms with Crippen molar-refractivity contribution < 1.29 is 19.2 Å². The Morgan fingerprint density at radius 2 is 1.90 bits per heavy atom. The highest BCUT2D eigenvalue weighted by molar-refractivity contribution is 5.99. The number of nitrogens with one attached hydrogen (secondary N) is 1. The Hall–Kier alpha value is -4.01. The van der Waals surface area contributed by atoms with E-state index in [2.05, 4.69) is 10.3 Å². The van der Waals surface area contributed by atoms with Crippen LogP contribution < -0.4 is 5.32 Å². The number of nitrogens with zero attached hydrogens (tertiary/aromatic N) is 3. The van der Waals surface area contributed by atoms with E-state index in [4.69, 9.17) is 4.74 Å². The molecule has 0 aliphatic rings. The van der Waals surface area contributed by atoms with Gasteiger partial charge in [-0.15, -0.1) is 0 Å². The van der Waals surface area contributed by atoms with Crippen molar-refractivity contribution in [1.82, 2.24) is 14.9 Å². The molecule has 1 atom stereocenters. The van der Waals surface area contributed by atoms with Crippen LogP contribution in [-0.2, 0) is 4.74 Å². The van der Waals surface area contributed by atoms with Gasteiger partial charge in [0, 0.05) is 35.8 Å². The third-order valence-corrected chi connectivity index (χ3v) is 4.45. The Morgan fingerprint density at radius 1 is 1.20 bits per heavy atom. The number of nitro groups is 1. The molecular formula is C21H20N4O5. The van der Waals surface area contributed by atoms with Gasteiger partial charge in [-0.1, -0.05) is 12.1 Å². The zero-order chi connectivity index (χ0) is 21.7. The molecule has 9 nitrogen and oxygen atoms in total. The average Bonchev–Trinajstić information content (AvgIpc) is 3.28. The Kier molecular flexibility index (Phi) is 6.21. The van der Waals surface area contributed by atoms with Crippen LogP contribution in [0.1, 0.15) is 46.2 Å². The number of rotatable bonds is 7. The molecule has 1 amide bonds. The number of nitro benzene ring substituents is 1. The maximum absolute atomic E-state index is 12.7. The molecule has 2 aromatic carbocycles. The molecule has 0 spiro atoms. The van der Waals surface area contributed by atoms with Crippen LogP contribution in [0.2, 0.25) is 0 Å². The lowest BCUT2D eigenvalue weighted by molar-refractivity contribution is -0.384. The lowest BCUT2D eigenvalue weighted by Gasteiger charge is -2.15. The molecule has 9 heteroatoms. The van der Waals surface area contributed by atoms with Crippen molar-refractivity contribution in [1.29, 1.82) is 0 Å². The Morgan fingerprint density at radius 3 is 2.50 bits per heavy atom. The van der Waals surface area contributed by atoms with Crippen molar-refractivity contribution in [2.24, 2.45) is 0 Å². The summed E-state index contributed by atoms with van der Waals surface area (Å²) in [6.45, 7) is 3.55. The number of carbonyl (C=O) groups excluding carboxylic acids is 2. The van der Waals surface area contributed by atoms with Gasteiger partial charge < -0.3 is 14.6 Å². The first-order chi connectivity index (χ1) is 14.4. The van der Waals surface area contributed by atoms with E-state index in [9.17, 15) is 19.7 Å². The highest BCUT2D eigenvalue weighted by atomic mass is 16.6. The molecule has 0 saturated heterocycles. The molecule has 154 valence electrons. The van der Waals surface area contributed by atoms with Crippen LogP contribution in [0.5, 0.6) is 0 Å². The summed E-state index contributed by atoms with van der Waals surface area (Å²) in [5, 5.41) is 14.0. The molecule has 3 aromatic rings. The monoisotopic (exact) mass is 408 g/mol. The van der Waals surface area contributed by atoms with Crippen molar-refractivity contribution in [3.8, 4) is 5.69 Å². The number of hydrogen-bond donors (Lipinski definition) is 1. The third-order valence-electron chi connectivity index (χ3n) is 4.45. The molecule has 1 unspecified atom stereocenters. The van der Waals surface area contributed by atoms with Gasteiger partial charge in [-0.05, 0) is 37.6 Å². The second-order valence-electron chi connectivity index (χ2n) is 6.50. The topological polar surface area (TPSA) is 116 Å². The molecule has 1 heterocycles. The van der Waals surface area contributed by atoms with Crippen LogP contribution in [0.4, 0.5) is 5.69 Å². The lowest BCUT2D eigenvalue weighted by atomic mass is 10.1. The summed E-state index contributed by atoms with van der Waals surface area (Å²) in [4.78, 5) is 39.2. The van der Waals surface area contributed by atoms with Crippen LogP contribution in [0.25, 0.3) is 5.69 Å². The van der Waals surface area contributed by atoms with Gasteiger partial charge >= 0.3 is 5.97 Å². The minimum Gasteiger partial charge on any atom is -0.462 e. The summed E-state index contributed by atoms with van der Waals surface area (Å²) in [5.41, 5.74) is 1.38. The number of hydrogen-bond acceptors (Lipinski definition) is 6. The summed E-state index contributed by atoms with van der Waals surface area (Å²) in [6, 6.07) is 10.7. The van der Waals surface area contributed by atoms with E-state index in [1.54, 1.807) is 26.4 Å². The van der Waals surface area contributed by atoms with E-state index in [0.29, 0.717) is 0 Å². The maximum atomic E-state index is 12.7. The Labute approximate surface area is 172 Å². The molecule has 0 fully saturated rings. The number of esters is 1. The first-order valence-electron chi connectivity index (χ1n) is 9.24. The summed E-state index contributed by atoms with van der Waals surface area (Å²) in [7, 11) is 0. The van der Waals surface area contributed by atoms with E-state index < -0.39 is 16.8 Å². The van der Waals surface area contributed by atoms with Gasteiger partial charge in [0.25, 0.3) is 11.6 Å². The predicted octanol–water partition coefficient (Wildman–Crippen LogP) is 3.45. The van der Waals surface area contributed by atoms with Crippen molar-refractivity contribution >= 4 is 17.6 Å². The Balaban J connectivity index is 1.79. The van der Waals surface area contributed by atoms with Gasteiger partial charge in [-0.2, -0.15) is 0 Å². The number of imidazole rings is 1. The molecule has 30 heavy (non-hydrogen) atoms. The summed E-state index contributed by atoms with van der Waals surface area (Å²) in [5.74, 6) is -1.26. The lowest BCUT2D eigenvalue weighted by Crippen LogP contribution is -2.27. The zero-order valence-corrected chi connectivity index (χ0v) is 16.4.